The van der Waals surface area contributed by atoms with Gasteiger partial charge in [0.25, 0.3) is 0 Å². The molecule has 0 aliphatic carbocycles. The van der Waals surface area contributed by atoms with E-state index in [2.05, 4.69) is 4.98 Å². The van der Waals surface area contributed by atoms with Crippen LogP contribution in [0.4, 0.5) is 0 Å². The standard InChI is InChI=1S/C12H15NO3/c1-15-11-7-13-5-4-10(11)12(14)9-3-2-6-16-8-9/h4-5,7-8,12,14H,2-3,6H2,1H3. The predicted octanol–water partition coefficient (Wildman–Crippen LogP) is 1.82. The number of aliphatic hydroxyl groups is 1. The van der Waals surface area contributed by atoms with Crippen molar-refractivity contribution in [2.75, 3.05) is 13.7 Å². The summed E-state index contributed by atoms with van der Waals surface area (Å²) >= 11 is 0. The Kier molecular flexibility index (Phi) is 3.41. The molecule has 1 aliphatic heterocycles. The summed E-state index contributed by atoms with van der Waals surface area (Å²) in [5, 5.41) is 10.2. The monoisotopic (exact) mass is 221 g/mol. The van der Waals surface area contributed by atoms with Gasteiger partial charge in [0.2, 0.25) is 0 Å². The zero-order chi connectivity index (χ0) is 11.4. The molecule has 0 amide bonds. The molecule has 0 aromatic carbocycles. The van der Waals surface area contributed by atoms with Crippen molar-refractivity contribution in [1.82, 2.24) is 4.98 Å². The number of nitrogens with zero attached hydrogens (tertiary/aromatic N) is 1. The van der Waals surface area contributed by atoms with E-state index in [0.29, 0.717) is 5.75 Å². The SMILES string of the molecule is COc1cnccc1C(O)C1=COCCC1. The highest BCUT2D eigenvalue weighted by Crippen LogP contribution is 2.32. The summed E-state index contributed by atoms with van der Waals surface area (Å²) in [6.07, 6.45) is 6.02. The van der Waals surface area contributed by atoms with Gasteiger partial charge in [0, 0.05) is 11.8 Å². The third-order valence-corrected chi connectivity index (χ3v) is 2.64. The molecule has 2 rings (SSSR count). The predicted molar refractivity (Wildman–Crippen MR) is 59.0 cm³/mol. The summed E-state index contributed by atoms with van der Waals surface area (Å²) < 4.78 is 10.4. The van der Waals surface area contributed by atoms with Crippen LogP contribution in [-0.4, -0.2) is 23.8 Å². The van der Waals surface area contributed by atoms with Gasteiger partial charge in [0.1, 0.15) is 11.9 Å². The molecule has 0 spiro atoms. The van der Waals surface area contributed by atoms with Crippen LogP contribution in [0.25, 0.3) is 0 Å². The van der Waals surface area contributed by atoms with Crippen LogP contribution in [0.15, 0.2) is 30.3 Å². The van der Waals surface area contributed by atoms with Crippen LogP contribution in [0.3, 0.4) is 0 Å². The molecular weight excluding hydrogens is 206 g/mol. The first-order chi connectivity index (χ1) is 7.83. The van der Waals surface area contributed by atoms with Crippen LogP contribution in [0.1, 0.15) is 24.5 Å². The summed E-state index contributed by atoms with van der Waals surface area (Å²) in [4.78, 5) is 3.96. The maximum absolute atomic E-state index is 10.2. The van der Waals surface area contributed by atoms with Crippen molar-refractivity contribution in [3.8, 4) is 5.75 Å². The van der Waals surface area contributed by atoms with Gasteiger partial charge in [-0.1, -0.05) is 0 Å². The van der Waals surface area contributed by atoms with E-state index in [4.69, 9.17) is 9.47 Å². The minimum atomic E-state index is -0.668. The summed E-state index contributed by atoms with van der Waals surface area (Å²) in [6, 6.07) is 1.76. The quantitative estimate of drug-likeness (QED) is 0.845. The minimum absolute atomic E-state index is 0.599. The van der Waals surface area contributed by atoms with Gasteiger partial charge in [-0.2, -0.15) is 0 Å². The molecule has 0 saturated heterocycles. The summed E-state index contributed by atoms with van der Waals surface area (Å²) in [6.45, 7) is 0.726. The van der Waals surface area contributed by atoms with Crippen molar-refractivity contribution in [1.29, 1.82) is 0 Å². The molecule has 0 bridgehead atoms. The maximum Gasteiger partial charge on any atom is 0.143 e. The van der Waals surface area contributed by atoms with Gasteiger partial charge >= 0.3 is 0 Å². The number of aromatic nitrogens is 1. The van der Waals surface area contributed by atoms with E-state index in [0.717, 1.165) is 30.6 Å². The Morgan fingerprint density at radius 1 is 1.56 bits per heavy atom. The average molecular weight is 221 g/mol. The molecule has 4 nitrogen and oxygen atoms in total. The Morgan fingerprint density at radius 2 is 2.44 bits per heavy atom. The summed E-state index contributed by atoms with van der Waals surface area (Å²) in [5.74, 6) is 0.599. The Labute approximate surface area is 94.5 Å². The van der Waals surface area contributed by atoms with Crippen molar-refractivity contribution in [2.24, 2.45) is 0 Å². The smallest absolute Gasteiger partial charge is 0.143 e. The van der Waals surface area contributed by atoms with Crippen molar-refractivity contribution < 1.29 is 14.6 Å². The van der Waals surface area contributed by atoms with Crippen molar-refractivity contribution in [3.05, 3.63) is 35.9 Å². The molecule has 1 aliphatic rings. The minimum Gasteiger partial charge on any atom is -0.501 e. The second-order valence-corrected chi connectivity index (χ2v) is 3.69. The van der Waals surface area contributed by atoms with E-state index in [9.17, 15) is 5.11 Å². The first-order valence-electron chi connectivity index (χ1n) is 5.29. The van der Waals surface area contributed by atoms with Crippen molar-refractivity contribution in [2.45, 2.75) is 18.9 Å². The first-order valence-corrected chi connectivity index (χ1v) is 5.29. The van der Waals surface area contributed by atoms with E-state index in [-0.39, 0.29) is 0 Å². The first kappa shape index (κ1) is 11.0. The third kappa shape index (κ3) is 2.17. The average Bonchev–Trinajstić information content (AvgIpc) is 2.39. The molecular formula is C12H15NO3. The highest BCUT2D eigenvalue weighted by Gasteiger charge is 2.19. The van der Waals surface area contributed by atoms with Gasteiger partial charge in [-0.25, -0.2) is 0 Å². The lowest BCUT2D eigenvalue weighted by Crippen LogP contribution is -2.09. The maximum atomic E-state index is 10.2. The van der Waals surface area contributed by atoms with E-state index in [1.165, 1.54) is 0 Å². The second-order valence-electron chi connectivity index (χ2n) is 3.69. The van der Waals surface area contributed by atoms with E-state index in [1.807, 2.05) is 0 Å². The highest BCUT2D eigenvalue weighted by atomic mass is 16.5. The Balaban J connectivity index is 2.25. The molecule has 0 fully saturated rings. The fraction of sp³-hybridized carbons (Fsp3) is 0.417. The Hall–Kier alpha value is -1.55. The normalized spacial score (nSPS) is 17.2. The number of rotatable bonds is 3. The number of hydrogen-bond donors (Lipinski definition) is 1. The molecule has 1 aromatic heterocycles. The number of methoxy groups -OCH3 is 1. The fourth-order valence-electron chi connectivity index (χ4n) is 1.77. The van der Waals surface area contributed by atoms with Crippen LogP contribution >= 0.6 is 0 Å². The largest absolute Gasteiger partial charge is 0.501 e. The number of ether oxygens (including phenoxy) is 2. The molecule has 2 heterocycles. The van der Waals surface area contributed by atoms with Crippen LogP contribution in [0, 0.1) is 0 Å². The van der Waals surface area contributed by atoms with Crippen LogP contribution in [0.2, 0.25) is 0 Å². The van der Waals surface area contributed by atoms with Gasteiger partial charge in [-0.15, -0.1) is 0 Å². The van der Waals surface area contributed by atoms with E-state index < -0.39 is 6.10 Å². The van der Waals surface area contributed by atoms with Gasteiger partial charge in [-0.05, 0) is 24.5 Å². The molecule has 1 aromatic rings. The molecule has 1 unspecified atom stereocenters. The molecule has 0 saturated carbocycles. The lowest BCUT2D eigenvalue weighted by Gasteiger charge is -2.20. The molecule has 0 radical (unpaired) electrons. The van der Waals surface area contributed by atoms with E-state index >= 15 is 0 Å². The molecule has 1 atom stereocenters. The fourth-order valence-corrected chi connectivity index (χ4v) is 1.77. The zero-order valence-corrected chi connectivity index (χ0v) is 9.22. The van der Waals surface area contributed by atoms with Gasteiger partial charge in [-0.3, -0.25) is 4.98 Å². The zero-order valence-electron chi connectivity index (χ0n) is 9.22. The Morgan fingerprint density at radius 3 is 3.12 bits per heavy atom. The number of pyridine rings is 1. The van der Waals surface area contributed by atoms with Crippen LogP contribution in [-0.2, 0) is 4.74 Å². The van der Waals surface area contributed by atoms with Gasteiger partial charge < -0.3 is 14.6 Å². The number of hydrogen-bond acceptors (Lipinski definition) is 4. The summed E-state index contributed by atoms with van der Waals surface area (Å²) in [5.41, 5.74) is 1.62. The molecule has 1 N–H and O–H groups in total. The third-order valence-electron chi connectivity index (χ3n) is 2.64. The van der Waals surface area contributed by atoms with Gasteiger partial charge in [0.05, 0.1) is 26.2 Å². The van der Waals surface area contributed by atoms with Gasteiger partial charge in [0.15, 0.2) is 0 Å². The lowest BCUT2D eigenvalue weighted by molar-refractivity contribution is 0.168. The highest BCUT2D eigenvalue weighted by molar-refractivity contribution is 5.36. The van der Waals surface area contributed by atoms with Crippen LogP contribution in [0.5, 0.6) is 5.75 Å². The second kappa shape index (κ2) is 4.99. The molecule has 4 heteroatoms. The Bertz CT molecular complexity index is 390. The van der Waals surface area contributed by atoms with E-state index in [1.54, 1.807) is 31.8 Å². The number of aliphatic hydroxyl groups excluding tert-OH is 1. The van der Waals surface area contributed by atoms with Crippen molar-refractivity contribution >= 4 is 0 Å². The van der Waals surface area contributed by atoms with Crippen LogP contribution < -0.4 is 4.74 Å². The topological polar surface area (TPSA) is 51.6 Å². The molecule has 86 valence electrons. The van der Waals surface area contributed by atoms with Crippen molar-refractivity contribution in [3.63, 3.8) is 0 Å². The lowest BCUT2D eigenvalue weighted by atomic mass is 9.98. The summed E-state index contributed by atoms with van der Waals surface area (Å²) in [7, 11) is 1.57. The molecule has 16 heavy (non-hydrogen) atoms.